The van der Waals surface area contributed by atoms with E-state index in [2.05, 4.69) is 0 Å². The Balaban J connectivity index is 2.41. The maximum absolute atomic E-state index is 12.1. The van der Waals surface area contributed by atoms with E-state index in [1.807, 2.05) is 26.0 Å². The lowest BCUT2D eigenvalue weighted by Gasteiger charge is -2.33. The third-order valence-electron chi connectivity index (χ3n) is 3.29. The fraction of sp³-hybridized carbons (Fsp3) is 0.500. The monoisotopic (exact) mass is 264 g/mol. The van der Waals surface area contributed by atoms with Crippen molar-refractivity contribution in [1.29, 1.82) is 0 Å². The average molecular weight is 264 g/mol. The second kappa shape index (κ2) is 5.59. The summed E-state index contributed by atoms with van der Waals surface area (Å²) in [6.07, 6.45) is -0.122. The standard InChI is InChI=1S/C14H20N2O3/c1-9-4-10(2)14(18-3)12(5-9)16-7-11(6-15)19-8-13(16)17/h4-5,11H,6-8,15H2,1-3H3. The Morgan fingerprint density at radius 1 is 1.47 bits per heavy atom. The third kappa shape index (κ3) is 2.72. The minimum Gasteiger partial charge on any atom is -0.494 e. The molecule has 1 amide bonds. The summed E-state index contributed by atoms with van der Waals surface area (Å²) in [5.41, 5.74) is 8.53. The zero-order valence-electron chi connectivity index (χ0n) is 11.6. The molecule has 0 aliphatic carbocycles. The maximum Gasteiger partial charge on any atom is 0.253 e. The van der Waals surface area contributed by atoms with E-state index in [9.17, 15) is 4.79 Å². The van der Waals surface area contributed by atoms with Crippen molar-refractivity contribution in [3.05, 3.63) is 23.3 Å². The highest BCUT2D eigenvalue weighted by Crippen LogP contribution is 2.34. The maximum atomic E-state index is 12.1. The fourth-order valence-electron chi connectivity index (χ4n) is 2.40. The number of rotatable bonds is 3. The molecule has 1 aliphatic heterocycles. The van der Waals surface area contributed by atoms with Crippen LogP contribution in [0.2, 0.25) is 0 Å². The summed E-state index contributed by atoms with van der Waals surface area (Å²) in [5.74, 6) is 0.671. The zero-order chi connectivity index (χ0) is 14.0. The van der Waals surface area contributed by atoms with Crippen molar-refractivity contribution in [2.45, 2.75) is 20.0 Å². The number of hydrogen-bond acceptors (Lipinski definition) is 4. The van der Waals surface area contributed by atoms with Crippen molar-refractivity contribution >= 4 is 11.6 Å². The summed E-state index contributed by atoms with van der Waals surface area (Å²) in [7, 11) is 1.62. The van der Waals surface area contributed by atoms with Gasteiger partial charge >= 0.3 is 0 Å². The van der Waals surface area contributed by atoms with E-state index in [0.29, 0.717) is 13.1 Å². The van der Waals surface area contributed by atoms with Crippen molar-refractivity contribution in [3.8, 4) is 5.75 Å². The van der Waals surface area contributed by atoms with Gasteiger partial charge in [-0.25, -0.2) is 0 Å². The first-order valence-corrected chi connectivity index (χ1v) is 6.34. The van der Waals surface area contributed by atoms with Crippen LogP contribution < -0.4 is 15.4 Å². The topological polar surface area (TPSA) is 64.8 Å². The van der Waals surface area contributed by atoms with Gasteiger partial charge in [0.2, 0.25) is 0 Å². The van der Waals surface area contributed by atoms with Crippen LogP contribution in [0.3, 0.4) is 0 Å². The van der Waals surface area contributed by atoms with Crippen molar-refractivity contribution < 1.29 is 14.3 Å². The molecule has 2 rings (SSSR count). The molecule has 5 nitrogen and oxygen atoms in total. The molecule has 1 unspecified atom stereocenters. The van der Waals surface area contributed by atoms with Crippen LogP contribution in [0.4, 0.5) is 5.69 Å². The molecule has 0 aromatic heterocycles. The number of hydrogen-bond donors (Lipinski definition) is 1. The van der Waals surface area contributed by atoms with Crippen LogP contribution in [-0.2, 0) is 9.53 Å². The normalized spacial score (nSPS) is 19.7. The zero-order valence-corrected chi connectivity index (χ0v) is 11.6. The number of aryl methyl sites for hydroxylation is 2. The highest BCUT2D eigenvalue weighted by Gasteiger charge is 2.29. The Kier molecular flexibility index (Phi) is 4.07. The number of benzene rings is 1. The molecule has 1 aromatic rings. The van der Waals surface area contributed by atoms with Crippen molar-refractivity contribution in [1.82, 2.24) is 0 Å². The van der Waals surface area contributed by atoms with Crippen molar-refractivity contribution in [2.75, 3.05) is 31.7 Å². The lowest BCUT2D eigenvalue weighted by molar-refractivity contribution is -0.128. The average Bonchev–Trinajstić information content (AvgIpc) is 2.38. The number of nitrogens with two attached hydrogens (primary N) is 1. The van der Waals surface area contributed by atoms with Crippen LogP contribution in [0.1, 0.15) is 11.1 Å². The Labute approximate surface area is 113 Å². The van der Waals surface area contributed by atoms with Gasteiger partial charge in [-0.05, 0) is 31.0 Å². The molecular weight excluding hydrogens is 244 g/mol. The summed E-state index contributed by atoms with van der Waals surface area (Å²) < 4.78 is 10.8. The molecule has 1 aliphatic rings. The highest BCUT2D eigenvalue weighted by molar-refractivity contribution is 5.96. The minimum atomic E-state index is -0.122. The molecule has 0 spiro atoms. The second-order valence-corrected chi connectivity index (χ2v) is 4.81. The number of carbonyl (C=O) groups is 1. The van der Waals surface area contributed by atoms with Gasteiger partial charge in [-0.1, -0.05) is 6.07 Å². The summed E-state index contributed by atoms with van der Waals surface area (Å²) >= 11 is 0. The number of morpholine rings is 1. The van der Waals surface area contributed by atoms with Crippen molar-refractivity contribution in [2.24, 2.45) is 5.73 Å². The molecule has 19 heavy (non-hydrogen) atoms. The lowest BCUT2D eigenvalue weighted by atomic mass is 10.1. The molecule has 1 atom stereocenters. The van der Waals surface area contributed by atoms with Gasteiger partial charge in [0.15, 0.2) is 0 Å². The quantitative estimate of drug-likeness (QED) is 0.884. The molecule has 0 bridgehead atoms. The number of carbonyl (C=O) groups excluding carboxylic acids is 1. The fourth-order valence-corrected chi connectivity index (χ4v) is 2.40. The van der Waals surface area contributed by atoms with Gasteiger partial charge < -0.3 is 20.1 Å². The Morgan fingerprint density at radius 2 is 2.21 bits per heavy atom. The third-order valence-corrected chi connectivity index (χ3v) is 3.29. The summed E-state index contributed by atoms with van der Waals surface area (Å²) in [4.78, 5) is 13.8. The molecule has 5 heteroatoms. The van der Waals surface area contributed by atoms with E-state index in [0.717, 1.165) is 22.6 Å². The molecule has 104 valence electrons. The van der Waals surface area contributed by atoms with Gasteiger partial charge in [0, 0.05) is 6.54 Å². The van der Waals surface area contributed by atoms with E-state index < -0.39 is 0 Å². The van der Waals surface area contributed by atoms with Gasteiger partial charge in [-0.3, -0.25) is 4.79 Å². The van der Waals surface area contributed by atoms with Crippen LogP contribution in [0, 0.1) is 13.8 Å². The van der Waals surface area contributed by atoms with Gasteiger partial charge in [-0.2, -0.15) is 0 Å². The number of methoxy groups -OCH3 is 1. The largest absolute Gasteiger partial charge is 0.494 e. The molecule has 0 saturated carbocycles. The minimum absolute atomic E-state index is 0.0620. The van der Waals surface area contributed by atoms with Crippen molar-refractivity contribution in [3.63, 3.8) is 0 Å². The van der Waals surface area contributed by atoms with E-state index in [1.54, 1.807) is 12.0 Å². The Hall–Kier alpha value is -1.59. The number of amides is 1. The van der Waals surface area contributed by atoms with E-state index in [4.69, 9.17) is 15.2 Å². The number of nitrogens with zero attached hydrogens (tertiary/aromatic N) is 1. The smallest absolute Gasteiger partial charge is 0.253 e. The van der Waals surface area contributed by atoms with Crippen LogP contribution in [0.15, 0.2) is 12.1 Å². The Morgan fingerprint density at radius 3 is 2.84 bits per heavy atom. The van der Waals surface area contributed by atoms with Gasteiger partial charge in [0.25, 0.3) is 5.91 Å². The van der Waals surface area contributed by atoms with Gasteiger partial charge in [0.1, 0.15) is 12.4 Å². The number of ether oxygens (including phenoxy) is 2. The van der Waals surface area contributed by atoms with E-state index >= 15 is 0 Å². The van der Waals surface area contributed by atoms with Crippen LogP contribution in [-0.4, -0.2) is 38.8 Å². The summed E-state index contributed by atoms with van der Waals surface area (Å²) in [6.45, 7) is 4.91. The molecule has 1 saturated heterocycles. The summed E-state index contributed by atoms with van der Waals surface area (Å²) in [5, 5.41) is 0. The predicted molar refractivity (Wildman–Crippen MR) is 73.6 cm³/mol. The molecule has 1 aromatic carbocycles. The lowest BCUT2D eigenvalue weighted by Crippen LogP contribution is -2.49. The number of anilines is 1. The molecule has 2 N–H and O–H groups in total. The first kappa shape index (κ1) is 13.8. The van der Waals surface area contributed by atoms with Crippen LogP contribution in [0.25, 0.3) is 0 Å². The van der Waals surface area contributed by atoms with E-state index in [1.165, 1.54) is 0 Å². The SMILES string of the molecule is COc1c(C)cc(C)cc1N1CC(CN)OCC1=O. The van der Waals surface area contributed by atoms with Crippen LogP contribution in [0.5, 0.6) is 5.75 Å². The highest BCUT2D eigenvalue weighted by atomic mass is 16.5. The second-order valence-electron chi connectivity index (χ2n) is 4.81. The first-order valence-electron chi connectivity index (χ1n) is 6.34. The van der Waals surface area contributed by atoms with E-state index in [-0.39, 0.29) is 18.6 Å². The molecule has 0 radical (unpaired) electrons. The molecule has 1 fully saturated rings. The molecule has 1 heterocycles. The van der Waals surface area contributed by atoms with Gasteiger partial charge in [0.05, 0.1) is 25.4 Å². The first-order chi connectivity index (χ1) is 9.06. The molecular formula is C14H20N2O3. The Bertz CT molecular complexity index is 488. The predicted octanol–water partition coefficient (Wildman–Crippen LogP) is 1.00. The van der Waals surface area contributed by atoms with Gasteiger partial charge in [-0.15, -0.1) is 0 Å². The van der Waals surface area contributed by atoms with Crippen LogP contribution >= 0.6 is 0 Å². The summed E-state index contributed by atoms with van der Waals surface area (Å²) in [6, 6.07) is 4.00.